The van der Waals surface area contributed by atoms with Crippen LogP contribution in [0, 0.1) is 5.41 Å². The molecule has 0 aromatic carbocycles. The van der Waals surface area contributed by atoms with E-state index in [-0.39, 0.29) is 5.54 Å². The van der Waals surface area contributed by atoms with Crippen LogP contribution in [0.3, 0.4) is 0 Å². The molecule has 20 heavy (non-hydrogen) atoms. The summed E-state index contributed by atoms with van der Waals surface area (Å²) in [4.78, 5) is 7.09. The van der Waals surface area contributed by atoms with Crippen LogP contribution in [0.25, 0.3) is 0 Å². The summed E-state index contributed by atoms with van der Waals surface area (Å²) in [6.07, 6.45) is 3.14. The van der Waals surface area contributed by atoms with E-state index in [0.717, 1.165) is 29.9 Å². The molecule has 0 amide bonds. The van der Waals surface area contributed by atoms with Crippen LogP contribution in [0.1, 0.15) is 46.6 Å². The molecule has 1 aliphatic heterocycles. The molecule has 0 unspecified atom stereocenters. The van der Waals surface area contributed by atoms with E-state index >= 15 is 0 Å². The zero-order valence-electron chi connectivity index (χ0n) is 13.3. The Morgan fingerprint density at radius 2 is 2.10 bits per heavy atom. The fraction of sp³-hybridized carbons (Fsp3) is 0.688. The van der Waals surface area contributed by atoms with E-state index in [9.17, 15) is 0 Å². The van der Waals surface area contributed by atoms with Crippen molar-refractivity contribution in [2.45, 2.75) is 53.1 Å². The minimum Gasteiger partial charge on any atom is -0.356 e. The summed E-state index contributed by atoms with van der Waals surface area (Å²) in [7, 11) is 0. The van der Waals surface area contributed by atoms with Gasteiger partial charge in [0.1, 0.15) is 5.82 Å². The number of halogens is 1. The molecule has 0 bridgehead atoms. The normalized spacial score (nSPS) is 18.6. The highest BCUT2D eigenvalue weighted by molar-refractivity contribution is 9.10. The molecule has 1 aliphatic rings. The number of hydrogen-bond donors (Lipinski definition) is 1. The van der Waals surface area contributed by atoms with Crippen molar-refractivity contribution >= 4 is 21.7 Å². The van der Waals surface area contributed by atoms with E-state index < -0.39 is 0 Å². The maximum atomic E-state index is 4.67. The second kappa shape index (κ2) is 5.64. The smallest absolute Gasteiger partial charge is 0.133 e. The van der Waals surface area contributed by atoms with Gasteiger partial charge < -0.3 is 10.2 Å². The van der Waals surface area contributed by atoms with Crippen LogP contribution in [0.2, 0.25) is 0 Å². The van der Waals surface area contributed by atoms with Gasteiger partial charge in [-0.2, -0.15) is 0 Å². The first-order chi connectivity index (χ1) is 9.16. The lowest BCUT2D eigenvalue weighted by Crippen LogP contribution is -2.36. The molecule has 0 saturated carbocycles. The standard InChI is InChI=1S/C16H26BrN3/c1-15(2,3)19-9-12-8-13(17)10-18-14(12)20-7-6-16(4,5)11-20/h8,10,19H,6-7,9,11H2,1-5H3. The van der Waals surface area contributed by atoms with Crippen molar-refractivity contribution in [3.63, 3.8) is 0 Å². The van der Waals surface area contributed by atoms with Gasteiger partial charge in [0.15, 0.2) is 0 Å². The predicted octanol–water partition coefficient (Wildman–Crippen LogP) is 3.97. The van der Waals surface area contributed by atoms with E-state index in [1.807, 2.05) is 6.20 Å². The molecule has 0 radical (unpaired) electrons. The summed E-state index contributed by atoms with van der Waals surface area (Å²) < 4.78 is 1.05. The third-order valence-electron chi connectivity index (χ3n) is 3.70. The molecule has 1 aromatic rings. The SMILES string of the molecule is CC1(C)CCN(c2ncc(Br)cc2CNC(C)(C)C)C1. The Morgan fingerprint density at radius 1 is 1.40 bits per heavy atom. The second-order valence-corrected chi connectivity index (χ2v) is 8.49. The predicted molar refractivity (Wildman–Crippen MR) is 89.1 cm³/mol. The van der Waals surface area contributed by atoms with Crippen LogP contribution in [0.15, 0.2) is 16.7 Å². The Kier molecular flexibility index (Phi) is 4.45. The highest BCUT2D eigenvalue weighted by Crippen LogP contribution is 2.33. The maximum absolute atomic E-state index is 4.67. The Balaban J connectivity index is 2.20. The number of nitrogens with one attached hydrogen (secondary N) is 1. The van der Waals surface area contributed by atoms with Gasteiger partial charge in [-0.1, -0.05) is 13.8 Å². The van der Waals surface area contributed by atoms with Gasteiger partial charge >= 0.3 is 0 Å². The molecular formula is C16H26BrN3. The number of nitrogens with zero attached hydrogens (tertiary/aromatic N) is 2. The van der Waals surface area contributed by atoms with E-state index in [1.54, 1.807) is 0 Å². The van der Waals surface area contributed by atoms with Crippen LogP contribution >= 0.6 is 15.9 Å². The van der Waals surface area contributed by atoms with Gasteiger partial charge in [0.2, 0.25) is 0 Å². The van der Waals surface area contributed by atoms with E-state index in [4.69, 9.17) is 0 Å². The molecule has 1 aromatic heterocycles. The molecule has 1 fully saturated rings. The van der Waals surface area contributed by atoms with Gasteiger partial charge in [0, 0.05) is 41.4 Å². The lowest BCUT2D eigenvalue weighted by Gasteiger charge is -2.25. The number of anilines is 1. The summed E-state index contributed by atoms with van der Waals surface area (Å²) in [6.45, 7) is 14.3. The van der Waals surface area contributed by atoms with Crippen molar-refractivity contribution in [2.75, 3.05) is 18.0 Å². The minimum absolute atomic E-state index is 0.115. The number of rotatable bonds is 3. The van der Waals surface area contributed by atoms with Crippen LogP contribution < -0.4 is 10.2 Å². The van der Waals surface area contributed by atoms with Crippen LogP contribution in [0.5, 0.6) is 0 Å². The maximum Gasteiger partial charge on any atom is 0.133 e. The van der Waals surface area contributed by atoms with Crippen molar-refractivity contribution in [3.05, 3.63) is 22.3 Å². The summed E-state index contributed by atoms with van der Waals surface area (Å²) >= 11 is 3.54. The topological polar surface area (TPSA) is 28.2 Å². The average molecular weight is 340 g/mol. The zero-order valence-corrected chi connectivity index (χ0v) is 14.8. The molecule has 2 heterocycles. The summed E-state index contributed by atoms with van der Waals surface area (Å²) in [5, 5.41) is 3.56. The molecular weight excluding hydrogens is 314 g/mol. The van der Waals surface area contributed by atoms with Crippen LogP contribution in [-0.2, 0) is 6.54 Å². The fourth-order valence-corrected chi connectivity index (χ4v) is 2.92. The van der Waals surface area contributed by atoms with Crippen molar-refractivity contribution in [1.82, 2.24) is 10.3 Å². The molecule has 0 atom stereocenters. The van der Waals surface area contributed by atoms with Crippen molar-refractivity contribution < 1.29 is 0 Å². The van der Waals surface area contributed by atoms with E-state index in [0.29, 0.717) is 5.41 Å². The average Bonchev–Trinajstić information content (AvgIpc) is 2.66. The minimum atomic E-state index is 0.115. The lowest BCUT2D eigenvalue weighted by molar-refractivity contribution is 0.416. The molecule has 1 N–H and O–H groups in total. The van der Waals surface area contributed by atoms with E-state index in [1.165, 1.54) is 12.0 Å². The summed E-state index contributed by atoms with van der Waals surface area (Å²) in [5.41, 5.74) is 1.78. The van der Waals surface area contributed by atoms with Crippen LogP contribution in [-0.4, -0.2) is 23.6 Å². The number of aromatic nitrogens is 1. The van der Waals surface area contributed by atoms with Gasteiger partial charge in [-0.15, -0.1) is 0 Å². The monoisotopic (exact) mass is 339 g/mol. The summed E-state index contributed by atoms with van der Waals surface area (Å²) in [6, 6.07) is 2.19. The highest BCUT2D eigenvalue weighted by atomic mass is 79.9. The largest absolute Gasteiger partial charge is 0.356 e. The first-order valence-corrected chi connectivity index (χ1v) is 8.10. The van der Waals surface area contributed by atoms with Crippen LogP contribution in [0.4, 0.5) is 5.82 Å². The first-order valence-electron chi connectivity index (χ1n) is 7.31. The third-order valence-corrected chi connectivity index (χ3v) is 4.13. The Hall–Kier alpha value is -0.610. The fourth-order valence-electron chi connectivity index (χ4n) is 2.54. The first kappa shape index (κ1) is 15.8. The zero-order chi connectivity index (χ0) is 15.0. The Morgan fingerprint density at radius 3 is 2.65 bits per heavy atom. The molecule has 112 valence electrons. The molecule has 0 spiro atoms. The quantitative estimate of drug-likeness (QED) is 0.902. The second-order valence-electron chi connectivity index (χ2n) is 7.58. The van der Waals surface area contributed by atoms with Crippen molar-refractivity contribution in [2.24, 2.45) is 5.41 Å². The molecule has 3 nitrogen and oxygen atoms in total. The van der Waals surface area contributed by atoms with Gasteiger partial charge in [-0.3, -0.25) is 0 Å². The van der Waals surface area contributed by atoms with Gasteiger partial charge in [0.25, 0.3) is 0 Å². The highest BCUT2D eigenvalue weighted by Gasteiger charge is 2.31. The Bertz CT molecular complexity index is 477. The lowest BCUT2D eigenvalue weighted by atomic mass is 9.93. The Labute approximate surface area is 131 Å². The molecule has 1 saturated heterocycles. The van der Waals surface area contributed by atoms with Crippen molar-refractivity contribution in [1.29, 1.82) is 0 Å². The third kappa shape index (κ3) is 4.19. The van der Waals surface area contributed by atoms with Crippen molar-refractivity contribution in [3.8, 4) is 0 Å². The van der Waals surface area contributed by atoms with Gasteiger partial charge in [-0.25, -0.2) is 4.98 Å². The molecule has 0 aliphatic carbocycles. The number of pyridine rings is 1. The van der Waals surface area contributed by atoms with E-state index in [2.05, 4.69) is 71.8 Å². The number of hydrogen-bond acceptors (Lipinski definition) is 3. The molecule has 2 rings (SSSR count). The molecule has 4 heteroatoms. The summed E-state index contributed by atoms with van der Waals surface area (Å²) in [5.74, 6) is 1.13. The van der Waals surface area contributed by atoms with Gasteiger partial charge in [-0.05, 0) is 54.6 Å². The van der Waals surface area contributed by atoms with Gasteiger partial charge in [0.05, 0.1) is 0 Å².